The zero-order chi connectivity index (χ0) is 15.5. The molecule has 0 atom stereocenters. The van der Waals surface area contributed by atoms with E-state index in [-0.39, 0.29) is 5.82 Å². The van der Waals surface area contributed by atoms with Gasteiger partial charge in [0.2, 0.25) is 5.82 Å². The molecule has 0 saturated carbocycles. The number of hydrogen-bond donors (Lipinski definition) is 3. The van der Waals surface area contributed by atoms with E-state index in [0.717, 1.165) is 11.3 Å². The van der Waals surface area contributed by atoms with Crippen molar-refractivity contribution in [1.82, 2.24) is 4.98 Å². The summed E-state index contributed by atoms with van der Waals surface area (Å²) in [4.78, 5) is 18.2. The van der Waals surface area contributed by atoms with E-state index in [4.69, 9.17) is 16.3 Å². The zero-order valence-corrected chi connectivity index (χ0v) is 12.5. The number of aliphatic imine (C=N–C) groups is 1. The number of nitrogens with one attached hydrogen (secondary N) is 3. The minimum absolute atomic E-state index is 0.0851. The molecular formula is C15H13ClN4O2. The summed E-state index contributed by atoms with van der Waals surface area (Å²) in [5, 5.41) is 6.61. The summed E-state index contributed by atoms with van der Waals surface area (Å²) in [6.45, 7) is 2.42. The van der Waals surface area contributed by atoms with E-state index in [2.05, 4.69) is 20.6 Å². The molecule has 0 radical (unpaired) electrons. The standard InChI is InChI=1S/C15H13ClN4O2/c1-2-22-13-7-11-14(17-10-5-3-4-9(16)6-10)18-12(8-21)19-15(11)20-13/h3-7,19-20H,2H2,1H3,(H,17,18). The van der Waals surface area contributed by atoms with Gasteiger partial charge in [-0.25, -0.2) is 9.79 Å². The monoisotopic (exact) mass is 316 g/mol. The number of ether oxygens (including phenoxy) is 1. The molecule has 0 unspecified atom stereocenters. The van der Waals surface area contributed by atoms with Crippen molar-refractivity contribution in [3.8, 4) is 5.88 Å². The molecule has 1 aromatic carbocycles. The van der Waals surface area contributed by atoms with Gasteiger partial charge in [0.1, 0.15) is 11.7 Å². The lowest BCUT2D eigenvalue weighted by Crippen LogP contribution is -2.20. The number of H-pyrrole nitrogens is 1. The number of amidine groups is 1. The predicted molar refractivity (Wildman–Crippen MR) is 86.4 cm³/mol. The third-order valence-corrected chi connectivity index (χ3v) is 3.23. The second-order valence-electron chi connectivity index (χ2n) is 4.53. The number of benzene rings is 1. The van der Waals surface area contributed by atoms with Crippen molar-refractivity contribution in [2.45, 2.75) is 6.92 Å². The molecule has 6 nitrogen and oxygen atoms in total. The minimum atomic E-state index is 0.0851. The van der Waals surface area contributed by atoms with Crippen molar-refractivity contribution in [3.05, 3.63) is 46.7 Å². The normalized spacial score (nSPS) is 12.8. The molecule has 7 heteroatoms. The SMILES string of the molecule is CCOc1cc2c([nH]1)NC(=C=O)N=C2Nc1cccc(Cl)c1. The predicted octanol–water partition coefficient (Wildman–Crippen LogP) is 3.02. The van der Waals surface area contributed by atoms with Crippen molar-refractivity contribution in [2.75, 3.05) is 17.2 Å². The highest BCUT2D eigenvalue weighted by atomic mass is 35.5. The van der Waals surface area contributed by atoms with Crippen LogP contribution in [0.4, 0.5) is 11.5 Å². The molecule has 1 aliphatic heterocycles. The maximum Gasteiger partial charge on any atom is 0.220 e. The van der Waals surface area contributed by atoms with Crippen LogP contribution in [0.2, 0.25) is 5.02 Å². The average molecular weight is 317 g/mol. The number of rotatable bonds is 3. The van der Waals surface area contributed by atoms with Crippen molar-refractivity contribution in [2.24, 2.45) is 4.99 Å². The lowest BCUT2D eigenvalue weighted by atomic mass is 10.2. The first-order valence-corrected chi connectivity index (χ1v) is 7.07. The number of carbonyl (C=O) groups excluding carboxylic acids is 1. The third kappa shape index (κ3) is 2.83. The molecule has 3 rings (SSSR count). The molecule has 22 heavy (non-hydrogen) atoms. The summed E-state index contributed by atoms with van der Waals surface area (Å²) >= 11 is 5.98. The molecule has 1 aliphatic rings. The summed E-state index contributed by atoms with van der Waals surface area (Å²) in [7, 11) is 0. The highest BCUT2D eigenvalue weighted by molar-refractivity contribution is 6.31. The van der Waals surface area contributed by atoms with E-state index in [1.807, 2.05) is 25.1 Å². The Morgan fingerprint density at radius 3 is 3.00 bits per heavy atom. The third-order valence-electron chi connectivity index (χ3n) is 3.00. The van der Waals surface area contributed by atoms with Crippen LogP contribution < -0.4 is 15.4 Å². The lowest BCUT2D eigenvalue weighted by molar-refractivity contribution is 0.329. The largest absolute Gasteiger partial charge is 0.479 e. The van der Waals surface area contributed by atoms with E-state index in [1.165, 1.54) is 0 Å². The Morgan fingerprint density at radius 2 is 2.27 bits per heavy atom. The Bertz CT molecular complexity index is 791. The lowest BCUT2D eigenvalue weighted by Gasteiger charge is -2.16. The van der Waals surface area contributed by atoms with Crippen molar-refractivity contribution >= 4 is 34.9 Å². The Hall–Kier alpha value is -2.69. The first kappa shape index (κ1) is 14.3. The quantitative estimate of drug-likeness (QED) is 0.761. The molecule has 0 spiro atoms. The van der Waals surface area contributed by atoms with Crippen LogP contribution in [-0.2, 0) is 4.79 Å². The maximum atomic E-state index is 10.9. The number of halogens is 1. The minimum Gasteiger partial charge on any atom is -0.479 e. The van der Waals surface area contributed by atoms with Crippen LogP contribution in [-0.4, -0.2) is 23.4 Å². The maximum absolute atomic E-state index is 10.9. The van der Waals surface area contributed by atoms with Crippen LogP contribution in [0, 0.1) is 0 Å². The van der Waals surface area contributed by atoms with Gasteiger partial charge in [0.25, 0.3) is 0 Å². The van der Waals surface area contributed by atoms with Crippen LogP contribution >= 0.6 is 11.6 Å². The zero-order valence-electron chi connectivity index (χ0n) is 11.7. The number of nitrogens with zero attached hydrogens (tertiary/aromatic N) is 1. The van der Waals surface area contributed by atoms with Crippen molar-refractivity contribution < 1.29 is 9.53 Å². The number of aromatic amines is 1. The molecular weight excluding hydrogens is 304 g/mol. The first-order chi connectivity index (χ1) is 10.7. The fourth-order valence-electron chi connectivity index (χ4n) is 2.11. The van der Waals surface area contributed by atoms with Gasteiger partial charge >= 0.3 is 0 Å². The fourth-order valence-corrected chi connectivity index (χ4v) is 2.30. The summed E-state index contributed by atoms with van der Waals surface area (Å²) in [5.74, 6) is 3.57. The molecule has 0 saturated heterocycles. The molecule has 0 amide bonds. The Morgan fingerprint density at radius 1 is 1.41 bits per heavy atom. The van der Waals surface area contributed by atoms with Gasteiger partial charge in [-0.15, -0.1) is 0 Å². The van der Waals surface area contributed by atoms with Crippen molar-refractivity contribution in [1.29, 1.82) is 0 Å². The van der Waals surface area contributed by atoms with E-state index in [1.54, 1.807) is 18.1 Å². The molecule has 0 fully saturated rings. The van der Waals surface area contributed by atoms with Crippen LogP contribution in [0.1, 0.15) is 12.5 Å². The highest BCUT2D eigenvalue weighted by Crippen LogP contribution is 2.28. The molecule has 3 N–H and O–H groups in total. The van der Waals surface area contributed by atoms with E-state index >= 15 is 0 Å². The summed E-state index contributed by atoms with van der Waals surface area (Å²) < 4.78 is 5.44. The van der Waals surface area contributed by atoms with Gasteiger partial charge < -0.3 is 20.4 Å². The van der Waals surface area contributed by atoms with Gasteiger partial charge in [0, 0.05) is 16.8 Å². The molecule has 112 valence electrons. The summed E-state index contributed by atoms with van der Waals surface area (Å²) in [5.41, 5.74) is 1.53. The van der Waals surface area contributed by atoms with Gasteiger partial charge in [-0.05, 0) is 25.1 Å². The smallest absolute Gasteiger partial charge is 0.220 e. The van der Waals surface area contributed by atoms with Gasteiger partial charge in [0.15, 0.2) is 11.8 Å². The van der Waals surface area contributed by atoms with Crippen LogP contribution in [0.15, 0.2) is 41.1 Å². The average Bonchev–Trinajstić information content (AvgIpc) is 2.90. The van der Waals surface area contributed by atoms with Crippen LogP contribution in [0.3, 0.4) is 0 Å². The van der Waals surface area contributed by atoms with E-state index in [0.29, 0.717) is 29.2 Å². The number of hydrogen-bond acceptors (Lipinski definition) is 5. The van der Waals surface area contributed by atoms with Gasteiger partial charge in [-0.3, -0.25) is 0 Å². The van der Waals surface area contributed by atoms with E-state index < -0.39 is 0 Å². The van der Waals surface area contributed by atoms with Gasteiger partial charge in [0.05, 0.1) is 12.2 Å². The number of aromatic nitrogens is 1. The number of fused-ring (bicyclic) bond motifs is 1. The van der Waals surface area contributed by atoms with Crippen LogP contribution in [0.5, 0.6) is 5.88 Å². The van der Waals surface area contributed by atoms with E-state index in [9.17, 15) is 4.79 Å². The first-order valence-electron chi connectivity index (χ1n) is 6.69. The topological polar surface area (TPSA) is 78.5 Å². The molecule has 1 aromatic heterocycles. The molecule has 2 heterocycles. The Balaban J connectivity index is 1.98. The second-order valence-corrected chi connectivity index (χ2v) is 4.96. The van der Waals surface area contributed by atoms with Gasteiger partial charge in [-0.1, -0.05) is 17.7 Å². The summed E-state index contributed by atoms with van der Waals surface area (Å²) in [6.07, 6.45) is 0. The van der Waals surface area contributed by atoms with Crippen LogP contribution in [0.25, 0.3) is 0 Å². The fraction of sp³-hybridized carbons (Fsp3) is 0.133. The van der Waals surface area contributed by atoms with Gasteiger partial charge in [-0.2, -0.15) is 0 Å². The summed E-state index contributed by atoms with van der Waals surface area (Å²) in [6, 6.07) is 9.04. The Labute approximate surface area is 131 Å². The highest BCUT2D eigenvalue weighted by Gasteiger charge is 2.21. The second kappa shape index (κ2) is 5.97. The number of anilines is 2. The Kier molecular flexibility index (Phi) is 3.87. The molecule has 0 aliphatic carbocycles. The molecule has 2 aromatic rings. The van der Waals surface area contributed by atoms with Crippen molar-refractivity contribution in [3.63, 3.8) is 0 Å². The molecule has 0 bridgehead atoms.